The second kappa shape index (κ2) is 7.27. The molecule has 0 bridgehead atoms. The number of carbonyl (C=O) groups is 1. The maximum atomic E-state index is 12.0. The maximum Gasteiger partial charge on any atom is 0.222 e. The molecule has 1 aliphatic heterocycles. The van der Waals surface area contributed by atoms with Crippen molar-refractivity contribution in [1.29, 1.82) is 0 Å². The molecule has 114 valence electrons. The molecule has 1 saturated heterocycles. The number of methoxy groups -OCH3 is 1. The third kappa shape index (κ3) is 4.33. The molecule has 2 rings (SSSR count). The van der Waals surface area contributed by atoms with Crippen LogP contribution in [0.3, 0.4) is 0 Å². The Kier molecular flexibility index (Phi) is 5.39. The predicted molar refractivity (Wildman–Crippen MR) is 84.7 cm³/mol. The molecule has 0 unspecified atom stereocenters. The van der Waals surface area contributed by atoms with Crippen molar-refractivity contribution in [3.8, 4) is 0 Å². The second-order valence-electron chi connectivity index (χ2n) is 5.54. The Morgan fingerprint density at radius 2 is 2.19 bits per heavy atom. The first-order valence-corrected chi connectivity index (χ1v) is 7.46. The van der Waals surface area contributed by atoms with Gasteiger partial charge in [-0.05, 0) is 31.9 Å². The van der Waals surface area contributed by atoms with Crippen LogP contribution in [0.2, 0.25) is 0 Å². The van der Waals surface area contributed by atoms with Crippen molar-refractivity contribution in [2.75, 3.05) is 13.7 Å². The quantitative estimate of drug-likeness (QED) is 0.791. The van der Waals surface area contributed by atoms with E-state index in [9.17, 15) is 4.79 Å². The maximum absolute atomic E-state index is 12.0. The zero-order valence-corrected chi connectivity index (χ0v) is 12.8. The lowest BCUT2D eigenvalue weighted by Gasteiger charge is -2.17. The minimum Gasteiger partial charge on any atom is -0.497 e. The summed E-state index contributed by atoms with van der Waals surface area (Å²) in [6, 6.07) is 8.26. The molecular weight excluding hydrogens is 264 g/mol. The second-order valence-corrected chi connectivity index (χ2v) is 5.54. The Bertz CT molecular complexity index is 490. The molecule has 0 radical (unpaired) electrons. The van der Waals surface area contributed by atoms with E-state index in [2.05, 4.69) is 17.2 Å². The van der Waals surface area contributed by atoms with Gasteiger partial charge in [0.1, 0.15) is 5.76 Å². The molecular formula is C17H24N2O2. The van der Waals surface area contributed by atoms with Crippen LogP contribution in [-0.4, -0.2) is 25.6 Å². The summed E-state index contributed by atoms with van der Waals surface area (Å²) >= 11 is 0. The Balaban J connectivity index is 1.88. The van der Waals surface area contributed by atoms with Gasteiger partial charge in [-0.1, -0.05) is 30.8 Å². The molecule has 2 atom stereocenters. The Morgan fingerprint density at radius 3 is 2.76 bits per heavy atom. The van der Waals surface area contributed by atoms with E-state index >= 15 is 0 Å². The zero-order valence-electron chi connectivity index (χ0n) is 12.8. The molecule has 1 heterocycles. The zero-order chi connectivity index (χ0) is 15.2. The highest BCUT2D eigenvalue weighted by Gasteiger charge is 2.18. The van der Waals surface area contributed by atoms with E-state index in [0.29, 0.717) is 18.2 Å². The molecule has 1 aromatic rings. The number of amides is 1. The van der Waals surface area contributed by atoms with E-state index < -0.39 is 0 Å². The summed E-state index contributed by atoms with van der Waals surface area (Å²) in [5.41, 5.74) is 2.03. The van der Waals surface area contributed by atoms with Gasteiger partial charge in [-0.3, -0.25) is 4.79 Å². The third-order valence-corrected chi connectivity index (χ3v) is 3.95. The number of rotatable bonds is 6. The van der Waals surface area contributed by atoms with Crippen molar-refractivity contribution < 1.29 is 9.53 Å². The van der Waals surface area contributed by atoms with Gasteiger partial charge >= 0.3 is 0 Å². The van der Waals surface area contributed by atoms with E-state index in [1.807, 2.05) is 31.2 Å². The fraction of sp³-hybridized carbons (Fsp3) is 0.471. The largest absolute Gasteiger partial charge is 0.497 e. The van der Waals surface area contributed by atoms with Gasteiger partial charge in [0.2, 0.25) is 5.91 Å². The number of hydrogen-bond donors (Lipinski definition) is 2. The van der Waals surface area contributed by atoms with E-state index in [4.69, 9.17) is 4.74 Å². The summed E-state index contributed by atoms with van der Waals surface area (Å²) in [4.78, 5) is 12.0. The Hall–Kier alpha value is -1.81. The average Bonchev–Trinajstić information content (AvgIpc) is 2.99. The number of nitrogens with one attached hydrogen (secondary N) is 2. The van der Waals surface area contributed by atoms with Crippen molar-refractivity contribution in [2.24, 2.45) is 0 Å². The van der Waals surface area contributed by atoms with Crippen molar-refractivity contribution >= 4 is 11.7 Å². The fourth-order valence-corrected chi connectivity index (χ4v) is 2.61. The number of benzene rings is 1. The van der Waals surface area contributed by atoms with Gasteiger partial charge < -0.3 is 15.4 Å². The first-order chi connectivity index (χ1) is 10.1. The summed E-state index contributed by atoms with van der Waals surface area (Å²) in [6.07, 6.45) is 2.82. The van der Waals surface area contributed by atoms with Crippen molar-refractivity contribution in [3.63, 3.8) is 0 Å². The average molecular weight is 288 g/mol. The lowest BCUT2D eigenvalue weighted by atomic mass is 10.0. The summed E-state index contributed by atoms with van der Waals surface area (Å²) in [5.74, 6) is 0.748. The molecule has 4 heteroatoms. The minimum atomic E-state index is 0.00348. The van der Waals surface area contributed by atoms with Crippen molar-refractivity contribution in [1.82, 2.24) is 10.6 Å². The van der Waals surface area contributed by atoms with E-state index in [1.54, 1.807) is 7.11 Å². The molecule has 1 aromatic carbocycles. The smallest absolute Gasteiger partial charge is 0.222 e. The lowest BCUT2D eigenvalue weighted by Crippen LogP contribution is -2.33. The van der Waals surface area contributed by atoms with Gasteiger partial charge in [0.15, 0.2) is 0 Å². The summed E-state index contributed by atoms with van der Waals surface area (Å²) in [5, 5.41) is 6.40. The van der Waals surface area contributed by atoms with Crippen LogP contribution in [0, 0.1) is 0 Å². The van der Waals surface area contributed by atoms with Gasteiger partial charge in [-0.2, -0.15) is 0 Å². The van der Waals surface area contributed by atoms with Crippen LogP contribution in [0.5, 0.6) is 0 Å². The van der Waals surface area contributed by atoms with Gasteiger partial charge in [0, 0.05) is 18.0 Å². The normalized spacial score (nSPS) is 19.0. The van der Waals surface area contributed by atoms with Gasteiger partial charge in [-0.15, -0.1) is 0 Å². The molecule has 0 aromatic heterocycles. The third-order valence-electron chi connectivity index (χ3n) is 3.95. The van der Waals surface area contributed by atoms with Gasteiger partial charge in [-0.25, -0.2) is 0 Å². The molecule has 2 N–H and O–H groups in total. The molecule has 1 amide bonds. The summed E-state index contributed by atoms with van der Waals surface area (Å²) in [6.45, 7) is 6.85. The van der Waals surface area contributed by atoms with Crippen LogP contribution in [-0.2, 0) is 9.53 Å². The van der Waals surface area contributed by atoms with Crippen LogP contribution < -0.4 is 10.6 Å². The van der Waals surface area contributed by atoms with Crippen LogP contribution in [0.25, 0.3) is 5.76 Å². The van der Waals surface area contributed by atoms with E-state index in [-0.39, 0.29) is 11.9 Å². The molecule has 21 heavy (non-hydrogen) atoms. The van der Waals surface area contributed by atoms with Crippen LogP contribution in [0.1, 0.15) is 43.4 Å². The molecule has 1 aliphatic rings. The predicted octanol–water partition coefficient (Wildman–Crippen LogP) is 2.62. The molecule has 1 fully saturated rings. The fourth-order valence-electron chi connectivity index (χ4n) is 2.61. The molecule has 0 spiro atoms. The lowest BCUT2D eigenvalue weighted by molar-refractivity contribution is -0.122. The highest BCUT2D eigenvalue weighted by Crippen LogP contribution is 2.18. The number of carbonyl (C=O) groups excluding carboxylic acids is 1. The highest BCUT2D eigenvalue weighted by molar-refractivity contribution is 5.77. The molecule has 4 nitrogen and oxygen atoms in total. The number of hydrogen-bond acceptors (Lipinski definition) is 3. The first-order valence-electron chi connectivity index (χ1n) is 7.46. The van der Waals surface area contributed by atoms with Crippen LogP contribution >= 0.6 is 0 Å². The monoisotopic (exact) mass is 288 g/mol. The Morgan fingerprint density at radius 1 is 1.48 bits per heavy atom. The SMILES string of the molecule is C=C(OC)c1ccc([C@H](C)NC(=O)C[C@H]2CCCN2)cc1. The van der Waals surface area contributed by atoms with Crippen molar-refractivity contribution in [3.05, 3.63) is 42.0 Å². The molecule has 0 saturated carbocycles. The summed E-state index contributed by atoms with van der Waals surface area (Å²) in [7, 11) is 1.61. The standard InChI is InChI=1S/C17H24N2O2/c1-12(19-17(20)11-16-5-4-10-18-16)14-6-8-15(9-7-14)13(2)21-3/h6-9,12,16,18H,2,4-5,10-11H2,1,3H3,(H,19,20)/t12-,16+/m0/s1. The van der Waals surface area contributed by atoms with Crippen LogP contribution in [0.15, 0.2) is 30.8 Å². The topological polar surface area (TPSA) is 50.4 Å². The van der Waals surface area contributed by atoms with Crippen molar-refractivity contribution in [2.45, 2.75) is 38.3 Å². The highest BCUT2D eigenvalue weighted by atomic mass is 16.5. The summed E-state index contributed by atoms with van der Waals surface area (Å²) < 4.78 is 5.10. The first kappa shape index (κ1) is 15.6. The van der Waals surface area contributed by atoms with Crippen LogP contribution in [0.4, 0.5) is 0 Å². The Labute approximate surface area is 126 Å². The molecule has 0 aliphatic carbocycles. The minimum absolute atomic E-state index is 0.00348. The van der Waals surface area contributed by atoms with E-state index in [1.165, 1.54) is 6.42 Å². The van der Waals surface area contributed by atoms with Gasteiger partial charge in [0.05, 0.1) is 13.2 Å². The number of ether oxygens (including phenoxy) is 1. The van der Waals surface area contributed by atoms with E-state index in [0.717, 1.165) is 24.1 Å². The van der Waals surface area contributed by atoms with Gasteiger partial charge in [0.25, 0.3) is 0 Å².